The number of ether oxygens (including phenoxy) is 1. The van der Waals surface area contributed by atoms with Crippen molar-refractivity contribution in [2.75, 3.05) is 31.2 Å². The molecule has 1 amide bonds. The van der Waals surface area contributed by atoms with Crippen LogP contribution in [0.1, 0.15) is 37.0 Å². The molecule has 5 heteroatoms. The van der Waals surface area contributed by atoms with Crippen LogP contribution >= 0.6 is 0 Å². The van der Waals surface area contributed by atoms with Gasteiger partial charge in [0.1, 0.15) is 0 Å². The second-order valence-corrected chi connectivity index (χ2v) is 4.93. The molecule has 0 aliphatic carbocycles. The molecule has 0 aliphatic rings. The molecule has 20 heavy (non-hydrogen) atoms. The summed E-state index contributed by atoms with van der Waals surface area (Å²) in [7, 11) is 1.60. The van der Waals surface area contributed by atoms with E-state index in [1.807, 2.05) is 19.9 Å². The lowest BCUT2D eigenvalue weighted by atomic mass is 10.1. The quantitative estimate of drug-likeness (QED) is 0.504. The molecule has 1 rings (SSSR count). The van der Waals surface area contributed by atoms with E-state index in [-0.39, 0.29) is 12.0 Å². The number of carbonyl (C=O) groups is 1. The van der Waals surface area contributed by atoms with Gasteiger partial charge in [0.25, 0.3) is 5.91 Å². The maximum Gasteiger partial charge on any atom is 0.251 e. The van der Waals surface area contributed by atoms with Crippen molar-refractivity contribution in [3.8, 4) is 0 Å². The molecule has 0 heterocycles. The first-order valence-electron chi connectivity index (χ1n) is 7.01. The third-order valence-electron chi connectivity index (χ3n) is 2.88. The summed E-state index contributed by atoms with van der Waals surface area (Å²) < 4.78 is 5.48. The fraction of sp³-hybridized carbons (Fsp3) is 0.533. The molecule has 112 valence electrons. The Balaban J connectivity index is 2.36. The van der Waals surface area contributed by atoms with E-state index in [4.69, 9.17) is 10.5 Å². The second-order valence-electron chi connectivity index (χ2n) is 4.93. The van der Waals surface area contributed by atoms with Crippen molar-refractivity contribution in [1.82, 2.24) is 5.32 Å². The Bertz CT molecular complexity index is 433. The molecule has 1 aromatic rings. The first-order valence-corrected chi connectivity index (χ1v) is 7.01. The average Bonchev–Trinajstić information content (AvgIpc) is 2.42. The number of unbranched alkanes of at least 4 members (excludes halogenated alkanes) is 1. The lowest BCUT2D eigenvalue weighted by Gasteiger charge is -2.11. The van der Waals surface area contributed by atoms with Gasteiger partial charge in [-0.15, -0.1) is 0 Å². The zero-order valence-corrected chi connectivity index (χ0v) is 12.5. The molecule has 4 N–H and O–H groups in total. The zero-order valence-electron chi connectivity index (χ0n) is 12.5. The van der Waals surface area contributed by atoms with Gasteiger partial charge in [0.2, 0.25) is 0 Å². The van der Waals surface area contributed by atoms with E-state index in [1.165, 1.54) is 0 Å². The summed E-state index contributed by atoms with van der Waals surface area (Å²) in [5.41, 5.74) is 7.95. The van der Waals surface area contributed by atoms with Gasteiger partial charge in [-0.1, -0.05) is 0 Å². The summed E-state index contributed by atoms with van der Waals surface area (Å²) in [6, 6.07) is 5.28. The van der Waals surface area contributed by atoms with Crippen molar-refractivity contribution in [2.45, 2.75) is 32.8 Å². The van der Waals surface area contributed by atoms with Gasteiger partial charge in [0.05, 0.1) is 17.5 Å². The highest BCUT2D eigenvalue weighted by Gasteiger charge is 2.06. The molecule has 0 spiro atoms. The Labute approximate surface area is 120 Å². The largest absolute Gasteiger partial charge is 0.397 e. The van der Waals surface area contributed by atoms with Crippen molar-refractivity contribution in [1.29, 1.82) is 0 Å². The molecule has 0 fully saturated rings. The number of nitrogens with one attached hydrogen (secondary N) is 2. The van der Waals surface area contributed by atoms with Crippen LogP contribution in [-0.2, 0) is 4.74 Å². The summed E-state index contributed by atoms with van der Waals surface area (Å²) in [6.45, 7) is 5.69. The van der Waals surface area contributed by atoms with Gasteiger partial charge in [0, 0.05) is 25.8 Å². The fourth-order valence-corrected chi connectivity index (χ4v) is 1.78. The summed E-state index contributed by atoms with van der Waals surface area (Å²) in [5, 5.41) is 5.85. The molecular weight excluding hydrogens is 254 g/mol. The topological polar surface area (TPSA) is 76.4 Å². The Morgan fingerprint density at radius 1 is 1.35 bits per heavy atom. The van der Waals surface area contributed by atoms with E-state index in [2.05, 4.69) is 10.6 Å². The van der Waals surface area contributed by atoms with E-state index < -0.39 is 0 Å². The Hall–Kier alpha value is -1.75. The maximum atomic E-state index is 11.5. The summed E-state index contributed by atoms with van der Waals surface area (Å²) in [6.07, 6.45) is 2.32. The Kier molecular flexibility index (Phi) is 6.87. The average molecular weight is 279 g/mol. The summed E-state index contributed by atoms with van der Waals surface area (Å²) >= 11 is 0. The molecule has 0 aromatic heterocycles. The van der Waals surface area contributed by atoms with Gasteiger partial charge in [-0.2, -0.15) is 0 Å². The molecular formula is C15H25N3O2. The van der Waals surface area contributed by atoms with Crippen LogP contribution in [0.3, 0.4) is 0 Å². The molecule has 0 radical (unpaired) electrons. The molecule has 0 saturated heterocycles. The van der Waals surface area contributed by atoms with Crippen LogP contribution in [0.5, 0.6) is 0 Å². The van der Waals surface area contributed by atoms with Crippen LogP contribution in [0, 0.1) is 0 Å². The molecule has 0 unspecified atom stereocenters. The van der Waals surface area contributed by atoms with E-state index in [0.717, 1.165) is 31.7 Å². The van der Waals surface area contributed by atoms with E-state index in [9.17, 15) is 4.79 Å². The van der Waals surface area contributed by atoms with Gasteiger partial charge < -0.3 is 21.1 Å². The molecule has 1 aromatic carbocycles. The lowest BCUT2D eigenvalue weighted by molar-refractivity contribution is 0.0765. The predicted molar refractivity (Wildman–Crippen MR) is 83.1 cm³/mol. The van der Waals surface area contributed by atoms with Crippen LogP contribution in [-0.4, -0.2) is 32.2 Å². The standard InChI is InChI=1S/C15H25N3O2/c1-11(2)20-9-5-4-8-18-14-7-6-12(10-13(14)16)15(19)17-3/h6-7,10-11,18H,4-5,8-9,16H2,1-3H3,(H,17,19). The van der Waals surface area contributed by atoms with Crippen LogP contribution in [0.4, 0.5) is 11.4 Å². The van der Waals surface area contributed by atoms with Gasteiger partial charge in [-0.05, 0) is 44.9 Å². The second kappa shape index (κ2) is 8.43. The van der Waals surface area contributed by atoms with E-state index in [0.29, 0.717) is 11.3 Å². The highest BCUT2D eigenvalue weighted by atomic mass is 16.5. The van der Waals surface area contributed by atoms with Crippen LogP contribution < -0.4 is 16.4 Å². The van der Waals surface area contributed by atoms with Crippen LogP contribution in [0.2, 0.25) is 0 Å². The predicted octanol–water partition coefficient (Wildman–Crippen LogP) is 2.25. The van der Waals surface area contributed by atoms with Gasteiger partial charge in [-0.25, -0.2) is 0 Å². The SMILES string of the molecule is CNC(=O)c1ccc(NCCCCOC(C)C)c(N)c1. The van der Waals surface area contributed by atoms with E-state index >= 15 is 0 Å². The lowest BCUT2D eigenvalue weighted by Crippen LogP contribution is -2.18. The highest BCUT2D eigenvalue weighted by molar-refractivity contribution is 5.95. The first-order chi connectivity index (χ1) is 9.54. The Morgan fingerprint density at radius 2 is 2.10 bits per heavy atom. The minimum atomic E-state index is -0.130. The summed E-state index contributed by atoms with van der Waals surface area (Å²) in [4.78, 5) is 11.5. The van der Waals surface area contributed by atoms with Crippen molar-refractivity contribution >= 4 is 17.3 Å². The smallest absolute Gasteiger partial charge is 0.251 e. The first kappa shape index (κ1) is 16.3. The highest BCUT2D eigenvalue weighted by Crippen LogP contribution is 2.19. The normalized spacial score (nSPS) is 10.6. The number of anilines is 2. The van der Waals surface area contributed by atoms with Gasteiger partial charge >= 0.3 is 0 Å². The van der Waals surface area contributed by atoms with Crippen molar-refractivity contribution < 1.29 is 9.53 Å². The number of amides is 1. The molecule has 0 saturated carbocycles. The molecule has 0 aliphatic heterocycles. The monoisotopic (exact) mass is 279 g/mol. The minimum Gasteiger partial charge on any atom is -0.397 e. The van der Waals surface area contributed by atoms with Crippen molar-refractivity contribution in [3.05, 3.63) is 23.8 Å². The molecule has 0 bridgehead atoms. The number of hydrogen-bond donors (Lipinski definition) is 3. The van der Waals surface area contributed by atoms with Gasteiger partial charge in [-0.3, -0.25) is 4.79 Å². The number of nitrogen functional groups attached to an aromatic ring is 1. The zero-order chi connectivity index (χ0) is 15.0. The van der Waals surface area contributed by atoms with Crippen molar-refractivity contribution in [2.24, 2.45) is 0 Å². The van der Waals surface area contributed by atoms with Crippen LogP contribution in [0.15, 0.2) is 18.2 Å². The number of carbonyl (C=O) groups excluding carboxylic acids is 1. The summed E-state index contributed by atoms with van der Waals surface area (Å²) in [5.74, 6) is -0.130. The molecule has 0 atom stereocenters. The molecule has 5 nitrogen and oxygen atoms in total. The van der Waals surface area contributed by atoms with E-state index in [1.54, 1.807) is 19.2 Å². The number of hydrogen-bond acceptors (Lipinski definition) is 4. The van der Waals surface area contributed by atoms with Crippen LogP contribution in [0.25, 0.3) is 0 Å². The number of nitrogens with two attached hydrogens (primary N) is 1. The third kappa shape index (κ3) is 5.48. The maximum absolute atomic E-state index is 11.5. The Morgan fingerprint density at radius 3 is 2.70 bits per heavy atom. The minimum absolute atomic E-state index is 0.130. The number of benzene rings is 1. The third-order valence-corrected chi connectivity index (χ3v) is 2.88. The fourth-order valence-electron chi connectivity index (χ4n) is 1.78. The number of rotatable bonds is 8. The van der Waals surface area contributed by atoms with Crippen molar-refractivity contribution in [3.63, 3.8) is 0 Å². The van der Waals surface area contributed by atoms with Gasteiger partial charge in [0.15, 0.2) is 0 Å².